The normalized spacial score (nSPS) is 17.9. The number of nitrogens with zero attached hydrogens (tertiary/aromatic N) is 1. The maximum atomic E-state index is 12.3. The lowest BCUT2D eigenvalue weighted by Crippen LogP contribution is -2.37. The number of rotatable bonds is 3. The molecule has 1 aliphatic rings. The molecule has 0 radical (unpaired) electrons. The Morgan fingerprint density at radius 1 is 1.40 bits per heavy atom. The number of amides is 1. The molecule has 0 atom stereocenters. The highest BCUT2D eigenvalue weighted by Crippen LogP contribution is 2.39. The van der Waals surface area contributed by atoms with Crippen molar-refractivity contribution in [3.63, 3.8) is 0 Å². The molecule has 0 bridgehead atoms. The lowest BCUT2D eigenvalue weighted by Gasteiger charge is -2.35. The summed E-state index contributed by atoms with van der Waals surface area (Å²) < 4.78 is 2.13. The van der Waals surface area contributed by atoms with Gasteiger partial charge in [-0.25, -0.2) is 0 Å². The number of nitrogens with two attached hydrogens (primary N) is 1. The van der Waals surface area contributed by atoms with Crippen molar-refractivity contribution in [1.82, 2.24) is 4.57 Å². The molecule has 2 N–H and O–H groups in total. The lowest BCUT2D eigenvalue weighted by molar-refractivity contribution is -0.119. The SMILES string of the molecule is Cc1cc2c(n1C(C)(C)CC(N)=O)CC(C)(C)CC2=O. The van der Waals surface area contributed by atoms with Crippen LogP contribution in [0.25, 0.3) is 0 Å². The highest BCUT2D eigenvalue weighted by Gasteiger charge is 2.37. The number of carbonyl (C=O) groups excluding carboxylic acids is 2. The number of hydrogen-bond acceptors (Lipinski definition) is 2. The molecular weight excluding hydrogens is 252 g/mol. The first-order chi connectivity index (χ1) is 9.03. The smallest absolute Gasteiger partial charge is 0.219 e. The molecule has 1 aromatic rings. The Labute approximate surface area is 120 Å². The summed E-state index contributed by atoms with van der Waals surface area (Å²) in [5.41, 5.74) is 7.82. The van der Waals surface area contributed by atoms with E-state index in [9.17, 15) is 9.59 Å². The van der Waals surface area contributed by atoms with E-state index in [-0.39, 0.29) is 23.5 Å². The fourth-order valence-corrected chi connectivity index (χ4v) is 3.50. The third-order valence-electron chi connectivity index (χ3n) is 4.08. The zero-order chi connectivity index (χ0) is 15.3. The Hall–Kier alpha value is -1.58. The minimum Gasteiger partial charge on any atom is -0.370 e. The molecule has 0 unspecified atom stereocenters. The molecule has 0 aromatic carbocycles. The van der Waals surface area contributed by atoms with E-state index in [4.69, 9.17) is 5.73 Å². The largest absolute Gasteiger partial charge is 0.370 e. The van der Waals surface area contributed by atoms with Crippen molar-refractivity contribution in [2.75, 3.05) is 0 Å². The molecule has 1 amide bonds. The van der Waals surface area contributed by atoms with Crippen molar-refractivity contribution in [3.05, 3.63) is 23.0 Å². The van der Waals surface area contributed by atoms with Crippen LogP contribution in [0.5, 0.6) is 0 Å². The second-order valence-corrected chi connectivity index (χ2v) is 7.38. The average Bonchev–Trinajstić information content (AvgIpc) is 2.51. The van der Waals surface area contributed by atoms with Crippen LogP contribution in [0.4, 0.5) is 0 Å². The second-order valence-electron chi connectivity index (χ2n) is 7.38. The van der Waals surface area contributed by atoms with Crippen LogP contribution < -0.4 is 5.73 Å². The predicted octanol–water partition coefficient (Wildman–Crippen LogP) is 2.56. The lowest BCUT2D eigenvalue weighted by atomic mass is 9.76. The minimum absolute atomic E-state index is 0.0323. The summed E-state index contributed by atoms with van der Waals surface area (Å²) in [4.78, 5) is 23.6. The van der Waals surface area contributed by atoms with Gasteiger partial charge in [-0.3, -0.25) is 9.59 Å². The molecule has 20 heavy (non-hydrogen) atoms. The summed E-state index contributed by atoms with van der Waals surface area (Å²) in [5.74, 6) is -0.119. The van der Waals surface area contributed by atoms with Gasteiger partial charge in [0.1, 0.15) is 0 Å². The molecule has 110 valence electrons. The van der Waals surface area contributed by atoms with Crippen molar-refractivity contribution in [2.24, 2.45) is 11.1 Å². The molecule has 0 saturated carbocycles. The van der Waals surface area contributed by atoms with Gasteiger partial charge in [-0.15, -0.1) is 0 Å². The summed E-state index contributed by atoms with van der Waals surface area (Å²) in [6.07, 6.45) is 1.70. The molecule has 1 aliphatic carbocycles. The van der Waals surface area contributed by atoms with Crippen molar-refractivity contribution in [3.8, 4) is 0 Å². The van der Waals surface area contributed by atoms with Crippen LogP contribution in [0, 0.1) is 12.3 Å². The summed E-state index contributed by atoms with van der Waals surface area (Å²) in [7, 11) is 0. The Balaban J connectivity index is 2.57. The van der Waals surface area contributed by atoms with Crippen molar-refractivity contribution >= 4 is 11.7 Å². The first-order valence-corrected chi connectivity index (χ1v) is 7.07. The Bertz CT molecular complexity index is 580. The quantitative estimate of drug-likeness (QED) is 0.922. The molecule has 0 aliphatic heterocycles. The molecule has 1 heterocycles. The standard InChI is InChI=1S/C16H24N2O2/c1-10-6-11-12(7-15(2,3)8-13(11)19)18(10)16(4,5)9-14(17)20/h6H,7-9H2,1-5H3,(H2,17,20). The van der Waals surface area contributed by atoms with E-state index >= 15 is 0 Å². The van der Waals surface area contributed by atoms with Gasteiger partial charge in [-0.1, -0.05) is 13.8 Å². The Morgan fingerprint density at radius 2 is 2.00 bits per heavy atom. The fourth-order valence-electron chi connectivity index (χ4n) is 3.50. The zero-order valence-electron chi connectivity index (χ0n) is 13.0. The van der Waals surface area contributed by atoms with Gasteiger partial charge in [-0.05, 0) is 38.7 Å². The number of Topliss-reactive ketones (excluding diaryl/α,β-unsaturated/α-hetero) is 1. The van der Waals surface area contributed by atoms with E-state index in [0.717, 1.165) is 23.4 Å². The Kier molecular flexibility index (Phi) is 3.31. The van der Waals surface area contributed by atoms with Gasteiger partial charge in [0.2, 0.25) is 5.91 Å². The number of fused-ring (bicyclic) bond motifs is 1. The predicted molar refractivity (Wildman–Crippen MR) is 78.7 cm³/mol. The summed E-state index contributed by atoms with van der Waals surface area (Å²) in [5, 5.41) is 0. The van der Waals surface area contributed by atoms with Gasteiger partial charge in [-0.2, -0.15) is 0 Å². The fraction of sp³-hybridized carbons (Fsp3) is 0.625. The highest BCUT2D eigenvalue weighted by atomic mass is 16.1. The van der Waals surface area contributed by atoms with Crippen LogP contribution >= 0.6 is 0 Å². The van der Waals surface area contributed by atoms with Crippen LogP contribution in [0.2, 0.25) is 0 Å². The minimum atomic E-state index is -0.406. The highest BCUT2D eigenvalue weighted by molar-refractivity contribution is 5.99. The third-order valence-corrected chi connectivity index (χ3v) is 4.08. The van der Waals surface area contributed by atoms with E-state index in [0.29, 0.717) is 6.42 Å². The summed E-state index contributed by atoms with van der Waals surface area (Å²) in [6.45, 7) is 10.2. The molecule has 1 aromatic heterocycles. The molecule has 0 saturated heterocycles. The number of carbonyl (C=O) groups is 2. The van der Waals surface area contributed by atoms with Crippen LogP contribution in [0.3, 0.4) is 0 Å². The van der Waals surface area contributed by atoms with Crippen LogP contribution in [-0.2, 0) is 16.8 Å². The summed E-state index contributed by atoms with van der Waals surface area (Å²) >= 11 is 0. The van der Waals surface area contributed by atoms with Gasteiger partial charge in [0.25, 0.3) is 0 Å². The molecule has 4 heteroatoms. The monoisotopic (exact) mass is 276 g/mol. The molecule has 0 spiro atoms. The van der Waals surface area contributed by atoms with Gasteiger partial charge in [0, 0.05) is 35.3 Å². The van der Waals surface area contributed by atoms with Crippen LogP contribution in [-0.4, -0.2) is 16.3 Å². The maximum Gasteiger partial charge on any atom is 0.219 e. The van der Waals surface area contributed by atoms with Gasteiger partial charge in [0.15, 0.2) is 5.78 Å². The van der Waals surface area contributed by atoms with Gasteiger partial charge in [0.05, 0.1) is 0 Å². The zero-order valence-corrected chi connectivity index (χ0v) is 13.0. The van der Waals surface area contributed by atoms with Crippen LogP contribution in [0.15, 0.2) is 6.07 Å². The second kappa shape index (κ2) is 4.47. The summed E-state index contributed by atoms with van der Waals surface area (Å²) in [6, 6.07) is 1.95. The van der Waals surface area contributed by atoms with Crippen LogP contribution in [0.1, 0.15) is 62.3 Å². The molecule has 4 nitrogen and oxygen atoms in total. The van der Waals surface area contributed by atoms with Crippen molar-refractivity contribution in [1.29, 1.82) is 0 Å². The number of aromatic nitrogens is 1. The first kappa shape index (κ1) is 14.8. The van der Waals surface area contributed by atoms with Gasteiger partial charge >= 0.3 is 0 Å². The number of ketones is 1. The van der Waals surface area contributed by atoms with E-state index in [1.54, 1.807) is 0 Å². The van der Waals surface area contributed by atoms with E-state index in [2.05, 4.69) is 18.4 Å². The van der Waals surface area contributed by atoms with Crippen molar-refractivity contribution in [2.45, 2.75) is 59.4 Å². The number of aryl methyl sites for hydroxylation is 1. The third kappa shape index (κ3) is 2.51. The molecule has 2 rings (SSSR count). The Morgan fingerprint density at radius 3 is 2.55 bits per heavy atom. The van der Waals surface area contributed by atoms with Gasteiger partial charge < -0.3 is 10.3 Å². The maximum absolute atomic E-state index is 12.3. The van der Waals surface area contributed by atoms with E-state index in [1.165, 1.54) is 0 Å². The number of hydrogen-bond donors (Lipinski definition) is 1. The average molecular weight is 276 g/mol. The molecular formula is C16H24N2O2. The van der Waals surface area contributed by atoms with E-state index < -0.39 is 5.54 Å². The number of primary amides is 1. The topological polar surface area (TPSA) is 65.1 Å². The first-order valence-electron chi connectivity index (χ1n) is 7.07. The van der Waals surface area contributed by atoms with E-state index in [1.807, 2.05) is 26.8 Å². The molecule has 0 fully saturated rings. The van der Waals surface area contributed by atoms with Crippen molar-refractivity contribution < 1.29 is 9.59 Å².